The molecule has 22 heavy (non-hydrogen) atoms. The highest BCUT2D eigenvalue weighted by atomic mass is 31.2. The largest absolute Gasteiger partial charge is 0.388 e. The van der Waals surface area contributed by atoms with E-state index in [1.807, 2.05) is 0 Å². The molecule has 0 saturated carbocycles. The smallest absolute Gasteiger partial charge is 0.164 e. The van der Waals surface area contributed by atoms with Crippen LogP contribution in [0.3, 0.4) is 0 Å². The van der Waals surface area contributed by atoms with E-state index in [1.54, 1.807) is 29.1 Å². The third-order valence-corrected chi connectivity index (χ3v) is 5.54. The molecule has 2 aliphatic heterocycles. The predicted octanol–water partition coefficient (Wildman–Crippen LogP) is 0.742. The van der Waals surface area contributed by atoms with Crippen LogP contribution in [0.15, 0.2) is 24.7 Å². The van der Waals surface area contributed by atoms with E-state index in [1.165, 1.54) is 0 Å². The van der Waals surface area contributed by atoms with Crippen LogP contribution in [0.4, 0.5) is 0 Å². The molecule has 0 aromatic heterocycles. The number of nitrogens with one attached hydrogen (secondary N) is 1. The summed E-state index contributed by atoms with van der Waals surface area (Å²) < 4.78 is 5.88. The van der Waals surface area contributed by atoms with E-state index in [-0.39, 0.29) is 0 Å². The predicted molar refractivity (Wildman–Crippen MR) is 91.7 cm³/mol. The van der Waals surface area contributed by atoms with Gasteiger partial charge in [-0.3, -0.25) is 5.41 Å². The molecule has 1 fully saturated rings. The van der Waals surface area contributed by atoms with Gasteiger partial charge in [0.2, 0.25) is 0 Å². The second kappa shape index (κ2) is 6.20. The number of amidine groups is 1. The van der Waals surface area contributed by atoms with Crippen LogP contribution in [0.1, 0.15) is 6.42 Å². The average molecular weight is 327 g/mol. The Morgan fingerprint density at radius 3 is 2.59 bits per heavy atom. The summed E-state index contributed by atoms with van der Waals surface area (Å²) in [5.74, 6) is 0.851. The highest BCUT2D eigenvalue weighted by molar-refractivity contribution is 7.72. The third kappa shape index (κ3) is 3.46. The topological polar surface area (TPSA) is 80.0 Å². The normalized spacial score (nSPS) is 33.0. The summed E-state index contributed by atoms with van der Waals surface area (Å²) >= 11 is 0. The van der Waals surface area contributed by atoms with E-state index in [4.69, 9.17) is 10.1 Å². The quantitative estimate of drug-likeness (QED) is 0.664. The number of aliphatic hydroxyl groups is 2. The zero-order chi connectivity index (χ0) is 16.7. The number of aliphatic hydroxyl groups excluding tert-OH is 2. The Kier molecular flexibility index (Phi) is 4.87. The van der Waals surface area contributed by atoms with E-state index >= 15 is 0 Å². The molecule has 6 nitrogen and oxygen atoms in total. The Bertz CT molecular complexity index is 542. The van der Waals surface area contributed by atoms with Gasteiger partial charge in [-0.2, -0.15) is 0 Å². The standard InChI is InChI=1S/C15H26N3O3P/c1-10-17(2)12(16)6-8-18(10)15-14(20)13(19)11(21-15)7-9-22(3,4)5/h6,8,11,13-16,19-20H,1,3,7,9H2,2,4-5H3/t11-,13-,14-,15-/m1/s1. The van der Waals surface area contributed by atoms with Gasteiger partial charge in [-0.15, -0.1) is 13.2 Å². The minimum absolute atomic E-state index is 0.314. The van der Waals surface area contributed by atoms with Crippen molar-refractivity contribution in [3.05, 3.63) is 24.7 Å². The molecule has 2 aliphatic rings. The van der Waals surface area contributed by atoms with Crippen molar-refractivity contribution in [3.63, 3.8) is 0 Å². The molecule has 0 radical (unpaired) electrons. The van der Waals surface area contributed by atoms with Crippen molar-refractivity contribution in [1.82, 2.24) is 9.80 Å². The summed E-state index contributed by atoms with van der Waals surface area (Å²) in [6.07, 6.45) is 5.96. The van der Waals surface area contributed by atoms with Gasteiger partial charge < -0.3 is 24.7 Å². The van der Waals surface area contributed by atoms with Crippen molar-refractivity contribution in [1.29, 1.82) is 5.41 Å². The van der Waals surface area contributed by atoms with Crippen molar-refractivity contribution in [2.24, 2.45) is 0 Å². The van der Waals surface area contributed by atoms with Crippen molar-refractivity contribution in [3.8, 4) is 0 Å². The maximum absolute atomic E-state index is 10.3. The van der Waals surface area contributed by atoms with Crippen molar-refractivity contribution >= 4 is 19.0 Å². The Morgan fingerprint density at radius 1 is 1.36 bits per heavy atom. The zero-order valence-electron chi connectivity index (χ0n) is 13.4. The molecule has 1 saturated heterocycles. The van der Waals surface area contributed by atoms with Crippen LogP contribution in [-0.4, -0.2) is 83.2 Å². The molecule has 0 amide bonds. The Labute approximate surface area is 132 Å². The molecule has 3 N–H and O–H groups in total. The van der Waals surface area contributed by atoms with Gasteiger partial charge in [0.15, 0.2) is 6.23 Å². The summed E-state index contributed by atoms with van der Waals surface area (Å²) in [4.78, 5) is 3.26. The van der Waals surface area contributed by atoms with Crippen LogP contribution >= 0.6 is 6.89 Å². The fraction of sp³-hybridized carbons (Fsp3) is 0.600. The first kappa shape index (κ1) is 17.3. The highest BCUT2D eigenvalue weighted by Gasteiger charge is 2.46. The van der Waals surface area contributed by atoms with Gasteiger partial charge in [-0.05, 0) is 32.0 Å². The number of hydrogen-bond acceptors (Lipinski definition) is 5. The molecular formula is C15H26N3O3P. The average Bonchev–Trinajstić information content (AvgIpc) is 2.70. The Balaban J connectivity index is 2.10. The Morgan fingerprint density at radius 2 is 2.00 bits per heavy atom. The SMILES string of the molecule is C=C1N(C)C(=N)C=CN1[C@@H]1O[C@H](CCP(=C)(C)C)[C@@H](O)[C@H]1O. The lowest BCUT2D eigenvalue weighted by atomic mass is 10.1. The first-order valence-electron chi connectivity index (χ1n) is 7.28. The monoisotopic (exact) mass is 327 g/mol. The van der Waals surface area contributed by atoms with E-state index in [0.717, 1.165) is 6.16 Å². The summed E-state index contributed by atoms with van der Waals surface area (Å²) in [6.45, 7) is 7.00. The van der Waals surface area contributed by atoms with Gasteiger partial charge in [0.1, 0.15) is 23.9 Å². The first-order chi connectivity index (χ1) is 10.1. The van der Waals surface area contributed by atoms with Gasteiger partial charge in [0.05, 0.1) is 6.10 Å². The fourth-order valence-corrected chi connectivity index (χ4v) is 3.52. The van der Waals surface area contributed by atoms with Crippen molar-refractivity contribution < 1.29 is 14.9 Å². The molecule has 4 atom stereocenters. The molecule has 0 aromatic carbocycles. The second-order valence-electron chi connectivity index (χ2n) is 6.58. The number of ether oxygens (including phenoxy) is 1. The van der Waals surface area contributed by atoms with Gasteiger partial charge >= 0.3 is 0 Å². The molecule has 7 heteroatoms. The van der Waals surface area contributed by atoms with Crippen LogP contribution < -0.4 is 0 Å². The Hall–Kier alpha value is -1.07. The molecule has 0 unspecified atom stereocenters. The van der Waals surface area contributed by atoms with Gasteiger partial charge in [-0.25, -0.2) is 0 Å². The lowest BCUT2D eigenvalue weighted by molar-refractivity contribution is -0.0636. The van der Waals surface area contributed by atoms with Crippen LogP contribution in [0.5, 0.6) is 0 Å². The zero-order valence-corrected chi connectivity index (χ0v) is 14.3. The van der Waals surface area contributed by atoms with Crippen molar-refractivity contribution in [2.75, 3.05) is 26.5 Å². The molecule has 0 spiro atoms. The van der Waals surface area contributed by atoms with E-state index in [0.29, 0.717) is 18.1 Å². The number of likely N-dealkylation sites (N-methyl/N-ethyl adjacent to an activating group) is 1. The van der Waals surface area contributed by atoms with E-state index in [2.05, 4.69) is 26.2 Å². The summed E-state index contributed by atoms with van der Waals surface area (Å²) in [6, 6.07) is 0. The lowest BCUT2D eigenvalue weighted by Gasteiger charge is -2.37. The first-order valence-corrected chi connectivity index (χ1v) is 10.3. The summed E-state index contributed by atoms with van der Waals surface area (Å²) in [5, 5.41) is 28.3. The van der Waals surface area contributed by atoms with E-state index < -0.39 is 31.4 Å². The molecular weight excluding hydrogens is 301 g/mol. The molecule has 2 heterocycles. The number of nitrogens with zero attached hydrogens (tertiary/aromatic N) is 2. The minimum Gasteiger partial charge on any atom is -0.388 e. The summed E-state index contributed by atoms with van der Waals surface area (Å²) in [5.41, 5.74) is 0. The highest BCUT2D eigenvalue weighted by Crippen LogP contribution is 2.38. The molecule has 0 aliphatic carbocycles. The molecule has 0 aromatic rings. The second-order valence-corrected chi connectivity index (χ2v) is 10.9. The van der Waals surface area contributed by atoms with Crippen LogP contribution in [0.25, 0.3) is 0 Å². The van der Waals surface area contributed by atoms with Crippen molar-refractivity contribution in [2.45, 2.75) is 31.0 Å². The maximum Gasteiger partial charge on any atom is 0.164 e. The van der Waals surface area contributed by atoms with Gasteiger partial charge in [0, 0.05) is 13.2 Å². The molecule has 2 rings (SSSR count). The number of hydrogen-bond donors (Lipinski definition) is 3. The molecule has 0 bridgehead atoms. The van der Waals surface area contributed by atoms with Crippen LogP contribution in [0, 0.1) is 5.41 Å². The number of rotatable bonds is 4. The van der Waals surface area contributed by atoms with Gasteiger partial charge in [0.25, 0.3) is 0 Å². The van der Waals surface area contributed by atoms with Gasteiger partial charge in [-0.1, -0.05) is 6.58 Å². The maximum atomic E-state index is 10.3. The van der Waals surface area contributed by atoms with Crippen LogP contribution in [-0.2, 0) is 4.74 Å². The molecule has 124 valence electrons. The van der Waals surface area contributed by atoms with Crippen LogP contribution in [0.2, 0.25) is 0 Å². The third-order valence-electron chi connectivity index (χ3n) is 4.07. The minimum atomic E-state index is -1.20. The summed E-state index contributed by atoms with van der Waals surface area (Å²) in [7, 11) is 1.73. The fourth-order valence-electron chi connectivity index (χ4n) is 2.57. The van der Waals surface area contributed by atoms with E-state index in [9.17, 15) is 10.2 Å². The lowest BCUT2D eigenvalue weighted by Crippen LogP contribution is -2.46.